The van der Waals surface area contributed by atoms with E-state index in [0.29, 0.717) is 44.2 Å². The monoisotopic (exact) mass is 420 g/mol. The van der Waals surface area contributed by atoms with E-state index in [9.17, 15) is 9.59 Å². The first-order valence-electron chi connectivity index (χ1n) is 10.5. The number of likely N-dealkylation sites (tertiary alicyclic amines) is 1. The van der Waals surface area contributed by atoms with Crippen LogP contribution in [-0.4, -0.2) is 64.3 Å². The standard InChI is InChI=1S/C23H36N2O5/c1-23(2,3)13-21(26)25-14-18(17-12-16(29-5)8-9-20(17)30-6)19(15-25)22(27)24-10-7-11-28-4/h8-9,12,18-19H,7,10-11,13-15H2,1-6H3,(H,24,27)/t18-,19+/m1/s1. The molecule has 7 nitrogen and oxygen atoms in total. The van der Waals surface area contributed by atoms with Crippen molar-refractivity contribution in [3.8, 4) is 11.5 Å². The van der Waals surface area contributed by atoms with Crippen molar-refractivity contribution < 1.29 is 23.8 Å². The van der Waals surface area contributed by atoms with Crippen molar-refractivity contribution in [2.45, 2.75) is 39.5 Å². The van der Waals surface area contributed by atoms with Crippen molar-refractivity contribution in [3.63, 3.8) is 0 Å². The molecule has 0 saturated carbocycles. The molecule has 168 valence electrons. The van der Waals surface area contributed by atoms with E-state index in [2.05, 4.69) is 5.32 Å². The lowest BCUT2D eigenvalue weighted by atomic mass is 9.87. The van der Waals surface area contributed by atoms with Crippen LogP contribution in [0.5, 0.6) is 11.5 Å². The van der Waals surface area contributed by atoms with Crippen LogP contribution in [0.25, 0.3) is 0 Å². The Morgan fingerprint density at radius 2 is 1.87 bits per heavy atom. The highest BCUT2D eigenvalue weighted by atomic mass is 16.5. The smallest absolute Gasteiger partial charge is 0.225 e. The molecule has 7 heteroatoms. The minimum absolute atomic E-state index is 0.0490. The number of benzene rings is 1. The van der Waals surface area contributed by atoms with Gasteiger partial charge in [0.05, 0.1) is 20.1 Å². The van der Waals surface area contributed by atoms with Gasteiger partial charge in [0.2, 0.25) is 11.8 Å². The Labute approximate surface area is 180 Å². The number of carbonyl (C=O) groups excluding carboxylic acids is 2. The third kappa shape index (κ3) is 6.36. The summed E-state index contributed by atoms with van der Waals surface area (Å²) in [5.41, 5.74) is 0.778. The molecule has 2 amide bonds. The molecule has 0 aromatic heterocycles. The van der Waals surface area contributed by atoms with Gasteiger partial charge >= 0.3 is 0 Å². The van der Waals surface area contributed by atoms with Crippen LogP contribution in [0.3, 0.4) is 0 Å². The van der Waals surface area contributed by atoms with Crippen LogP contribution in [0.15, 0.2) is 18.2 Å². The van der Waals surface area contributed by atoms with Crippen LogP contribution in [0.4, 0.5) is 0 Å². The number of methoxy groups -OCH3 is 3. The first-order valence-corrected chi connectivity index (χ1v) is 10.5. The summed E-state index contributed by atoms with van der Waals surface area (Å²) in [5, 5.41) is 3.00. The largest absolute Gasteiger partial charge is 0.497 e. The lowest BCUT2D eigenvalue weighted by Crippen LogP contribution is -2.36. The lowest BCUT2D eigenvalue weighted by Gasteiger charge is -2.23. The topological polar surface area (TPSA) is 77.1 Å². The van der Waals surface area contributed by atoms with E-state index in [-0.39, 0.29) is 29.1 Å². The van der Waals surface area contributed by atoms with Gasteiger partial charge in [0, 0.05) is 51.3 Å². The molecule has 1 aromatic carbocycles. The Kier molecular flexibility index (Phi) is 8.53. The number of ether oxygens (including phenoxy) is 3. The summed E-state index contributed by atoms with van der Waals surface area (Å²) in [6.45, 7) is 8.15. The van der Waals surface area contributed by atoms with E-state index < -0.39 is 0 Å². The summed E-state index contributed by atoms with van der Waals surface area (Å²) < 4.78 is 16.0. The highest BCUT2D eigenvalue weighted by molar-refractivity contribution is 5.83. The third-order valence-electron chi connectivity index (χ3n) is 5.35. The first kappa shape index (κ1) is 24.0. The summed E-state index contributed by atoms with van der Waals surface area (Å²) in [6, 6.07) is 5.59. The minimum atomic E-state index is -0.350. The number of amides is 2. The van der Waals surface area contributed by atoms with Gasteiger partial charge in [-0.25, -0.2) is 0 Å². The molecule has 0 unspecified atom stereocenters. The number of carbonyl (C=O) groups is 2. The predicted octanol–water partition coefficient (Wildman–Crippen LogP) is 2.83. The SMILES string of the molecule is COCCCNC(=O)[C@H]1CN(C(=O)CC(C)(C)C)C[C@@H]1c1cc(OC)ccc1OC. The molecule has 0 radical (unpaired) electrons. The molecule has 0 aliphatic carbocycles. The van der Waals surface area contributed by atoms with E-state index in [0.717, 1.165) is 12.0 Å². The van der Waals surface area contributed by atoms with Crippen molar-refractivity contribution in [1.29, 1.82) is 0 Å². The number of hydrogen-bond acceptors (Lipinski definition) is 5. The molecule has 1 saturated heterocycles. The molecule has 1 aliphatic heterocycles. The van der Waals surface area contributed by atoms with Crippen molar-refractivity contribution in [2.75, 3.05) is 47.6 Å². The van der Waals surface area contributed by atoms with Crippen LogP contribution in [0.2, 0.25) is 0 Å². The number of nitrogens with zero attached hydrogens (tertiary/aromatic N) is 1. The quantitative estimate of drug-likeness (QED) is 0.622. The molecule has 0 spiro atoms. The predicted molar refractivity (Wildman–Crippen MR) is 116 cm³/mol. The van der Waals surface area contributed by atoms with E-state index in [1.165, 1.54) is 0 Å². The third-order valence-corrected chi connectivity index (χ3v) is 5.35. The molecular formula is C23H36N2O5. The second-order valence-corrected chi connectivity index (χ2v) is 8.99. The van der Waals surface area contributed by atoms with Crippen molar-refractivity contribution in [3.05, 3.63) is 23.8 Å². The number of rotatable bonds is 9. The number of nitrogens with one attached hydrogen (secondary N) is 1. The van der Waals surface area contributed by atoms with Gasteiger partial charge in [0.15, 0.2) is 0 Å². The molecule has 30 heavy (non-hydrogen) atoms. The average molecular weight is 421 g/mol. The van der Waals surface area contributed by atoms with Crippen LogP contribution in [0, 0.1) is 11.3 Å². The Morgan fingerprint density at radius 3 is 2.47 bits per heavy atom. The van der Waals surface area contributed by atoms with Crippen LogP contribution >= 0.6 is 0 Å². The molecule has 1 aromatic rings. The Balaban J connectivity index is 2.28. The lowest BCUT2D eigenvalue weighted by molar-refractivity contribution is -0.132. The zero-order chi connectivity index (χ0) is 22.3. The van der Waals surface area contributed by atoms with Gasteiger partial charge in [0.25, 0.3) is 0 Å². The summed E-state index contributed by atoms with van der Waals surface area (Å²) in [6.07, 6.45) is 1.19. The fourth-order valence-corrected chi connectivity index (χ4v) is 3.84. The Hall–Kier alpha value is -2.28. The zero-order valence-corrected chi connectivity index (χ0v) is 19.1. The van der Waals surface area contributed by atoms with Crippen LogP contribution < -0.4 is 14.8 Å². The molecular weight excluding hydrogens is 384 g/mol. The zero-order valence-electron chi connectivity index (χ0n) is 19.1. The van der Waals surface area contributed by atoms with Crippen LogP contribution in [0.1, 0.15) is 45.1 Å². The maximum absolute atomic E-state index is 13.0. The Morgan fingerprint density at radius 1 is 1.13 bits per heavy atom. The van der Waals surface area contributed by atoms with Crippen LogP contribution in [-0.2, 0) is 14.3 Å². The molecule has 1 aliphatic rings. The number of hydrogen-bond donors (Lipinski definition) is 1. The van der Waals surface area contributed by atoms with Gasteiger partial charge in [-0.1, -0.05) is 20.8 Å². The highest BCUT2D eigenvalue weighted by Crippen LogP contribution is 2.40. The van der Waals surface area contributed by atoms with E-state index >= 15 is 0 Å². The van der Waals surface area contributed by atoms with Crippen molar-refractivity contribution in [1.82, 2.24) is 10.2 Å². The molecule has 1 heterocycles. The van der Waals surface area contributed by atoms with Gasteiger partial charge < -0.3 is 24.4 Å². The molecule has 0 bridgehead atoms. The van der Waals surface area contributed by atoms with E-state index in [1.807, 2.05) is 43.9 Å². The second-order valence-electron chi connectivity index (χ2n) is 8.99. The summed E-state index contributed by atoms with van der Waals surface area (Å²) in [5.74, 6) is 0.905. The van der Waals surface area contributed by atoms with Crippen molar-refractivity contribution in [2.24, 2.45) is 11.3 Å². The first-order chi connectivity index (χ1) is 14.2. The summed E-state index contributed by atoms with van der Waals surface area (Å²) in [4.78, 5) is 27.8. The van der Waals surface area contributed by atoms with Gasteiger partial charge in [-0.3, -0.25) is 9.59 Å². The molecule has 2 rings (SSSR count). The van der Waals surface area contributed by atoms with Gasteiger partial charge in [-0.2, -0.15) is 0 Å². The van der Waals surface area contributed by atoms with Crippen molar-refractivity contribution >= 4 is 11.8 Å². The van der Waals surface area contributed by atoms with E-state index in [4.69, 9.17) is 14.2 Å². The maximum atomic E-state index is 13.0. The highest BCUT2D eigenvalue weighted by Gasteiger charge is 2.42. The fourth-order valence-electron chi connectivity index (χ4n) is 3.84. The van der Waals surface area contributed by atoms with Gasteiger partial charge in [-0.05, 0) is 30.0 Å². The fraction of sp³-hybridized carbons (Fsp3) is 0.652. The Bertz CT molecular complexity index is 729. The minimum Gasteiger partial charge on any atom is -0.497 e. The van der Waals surface area contributed by atoms with Gasteiger partial charge in [0.1, 0.15) is 11.5 Å². The average Bonchev–Trinajstić information content (AvgIpc) is 3.15. The van der Waals surface area contributed by atoms with E-state index in [1.54, 1.807) is 21.3 Å². The second kappa shape index (κ2) is 10.7. The molecule has 1 N–H and O–H groups in total. The summed E-state index contributed by atoms with van der Waals surface area (Å²) in [7, 11) is 4.87. The normalized spacial score (nSPS) is 18.9. The summed E-state index contributed by atoms with van der Waals surface area (Å²) >= 11 is 0. The molecule has 2 atom stereocenters. The van der Waals surface area contributed by atoms with Gasteiger partial charge in [-0.15, -0.1) is 0 Å². The molecule has 1 fully saturated rings. The maximum Gasteiger partial charge on any atom is 0.225 e.